The summed E-state index contributed by atoms with van der Waals surface area (Å²) in [5, 5.41) is 3.21. The van der Waals surface area contributed by atoms with Crippen LogP contribution >= 0.6 is 11.6 Å². The normalized spacial score (nSPS) is 11.6. The zero-order chi connectivity index (χ0) is 15.5. The van der Waals surface area contributed by atoms with E-state index < -0.39 is 10.0 Å². The molecule has 0 atom stereocenters. The molecular weight excluding hydrogens is 314 g/mol. The molecule has 0 spiro atoms. The molecule has 0 aliphatic heterocycles. The molecule has 0 aromatic carbocycles. The van der Waals surface area contributed by atoms with Crippen LogP contribution in [0.25, 0.3) is 0 Å². The summed E-state index contributed by atoms with van der Waals surface area (Å²) in [7, 11) is -1.89. The Hall–Kier alpha value is -1.64. The van der Waals surface area contributed by atoms with Gasteiger partial charge in [-0.15, -0.1) is 0 Å². The van der Waals surface area contributed by atoms with E-state index in [1.807, 2.05) is 6.92 Å². The lowest BCUT2D eigenvalue weighted by atomic mass is 10.4. The van der Waals surface area contributed by atoms with Gasteiger partial charge in [-0.2, -0.15) is 0 Å². The summed E-state index contributed by atoms with van der Waals surface area (Å²) in [5.74, 6) is 1.07. The van der Waals surface area contributed by atoms with Gasteiger partial charge in [-0.1, -0.05) is 11.6 Å². The van der Waals surface area contributed by atoms with E-state index >= 15 is 0 Å². The molecule has 2 N–H and O–H groups in total. The standard InChI is InChI=1S/C12H16ClN5O2S/c1-3-14-12-10(13)6-9(7-16-12)21(19,20)17-8-11-15-4-5-18(11)2/h4-7,17H,3,8H2,1-2H3,(H,14,16). The fourth-order valence-electron chi connectivity index (χ4n) is 1.67. The van der Waals surface area contributed by atoms with Crippen molar-refractivity contribution in [3.05, 3.63) is 35.5 Å². The molecule has 0 aliphatic carbocycles. The Morgan fingerprint density at radius 1 is 1.38 bits per heavy atom. The molecule has 2 aromatic heterocycles. The second kappa shape index (κ2) is 6.42. The number of nitrogens with one attached hydrogen (secondary N) is 2. The average Bonchev–Trinajstić information content (AvgIpc) is 2.84. The Morgan fingerprint density at radius 2 is 2.14 bits per heavy atom. The number of halogens is 1. The summed E-state index contributed by atoms with van der Waals surface area (Å²) in [6.07, 6.45) is 4.62. The number of aryl methyl sites for hydroxylation is 1. The van der Waals surface area contributed by atoms with Crippen LogP contribution in [0, 0.1) is 0 Å². The fraction of sp³-hybridized carbons (Fsp3) is 0.333. The van der Waals surface area contributed by atoms with E-state index in [0.29, 0.717) is 18.2 Å². The van der Waals surface area contributed by atoms with Crippen LogP contribution in [-0.2, 0) is 23.6 Å². The lowest BCUT2D eigenvalue weighted by molar-refractivity contribution is 0.577. The molecule has 0 fully saturated rings. The van der Waals surface area contributed by atoms with E-state index in [9.17, 15) is 8.42 Å². The quantitative estimate of drug-likeness (QED) is 0.835. The van der Waals surface area contributed by atoms with Crippen molar-refractivity contribution in [3.63, 3.8) is 0 Å². The molecule has 0 bridgehead atoms. The number of hydrogen-bond acceptors (Lipinski definition) is 5. The van der Waals surface area contributed by atoms with Gasteiger partial charge < -0.3 is 9.88 Å². The van der Waals surface area contributed by atoms with Crippen molar-refractivity contribution in [2.45, 2.75) is 18.4 Å². The Morgan fingerprint density at radius 3 is 2.71 bits per heavy atom. The molecule has 2 heterocycles. The monoisotopic (exact) mass is 329 g/mol. The Labute approximate surface area is 128 Å². The second-order valence-corrected chi connectivity index (χ2v) is 6.48. The molecule has 114 valence electrons. The minimum absolute atomic E-state index is 0.0170. The highest BCUT2D eigenvalue weighted by Crippen LogP contribution is 2.22. The number of aromatic nitrogens is 3. The number of nitrogens with zero attached hydrogens (tertiary/aromatic N) is 3. The van der Waals surface area contributed by atoms with Crippen molar-refractivity contribution >= 4 is 27.4 Å². The van der Waals surface area contributed by atoms with E-state index in [4.69, 9.17) is 11.6 Å². The average molecular weight is 330 g/mol. The van der Waals surface area contributed by atoms with E-state index in [1.165, 1.54) is 12.3 Å². The smallest absolute Gasteiger partial charge is 0.242 e. The highest BCUT2D eigenvalue weighted by molar-refractivity contribution is 7.89. The maximum absolute atomic E-state index is 12.2. The van der Waals surface area contributed by atoms with Crippen LogP contribution in [0.1, 0.15) is 12.7 Å². The fourth-order valence-corrected chi connectivity index (χ4v) is 2.92. The van der Waals surface area contributed by atoms with Gasteiger partial charge in [0.15, 0.2) is 0 Å². The molecular formula is C12H16ClN5O2S. The molecule has 21 heavy (non-hydrogen) atoms. The van der Waals surface area contributed by atoms with Crippen LogP contribution in [0.5, 0.6) is 0 Å². The van der Waals surface area contributed by atoms with Gasteiger partial charge in [0.1, 0.15) is 16.5 Å². The number of anilines is 1. The number of pyridine rings is 1. The molecule has 2 rings (SSSR count). The van der Waals surface area contributed by atoms with Crippen molar-refractivity contribution in [3.8, 4) is 0 Å². The van der Waals surface area contributed by atoms with Crippen molar-refractivity contribution in [1.82, 2.24) is 19.3 Å². The Bertz CT molecular complexity index is 729. The van der Waals surface area contributed by atoms with Gasteiger partial charge in [0.2, 0.25) is 10.0 Å². The number of rotatable bonds is 6. The summed E-state index contributed by atoms with van der Waals surface area (Å²) in [6.45, 7) is 2.64. The third-order valence-electron chi connectivity index (χ3n) is 2.81. The van der Waals surface area contributed by atoms with E-state index in [2.05, 4.69) is 20.0 Å². The van der Waals surface area contributed by atoms with Crippen molar-refractivity contribution in [2.24, 2.45) is 7.05 Å². The first-order chi connectivity index (χ1) is 9.94. The zero-order valence-corrected chi connectivity index (χ0v) is 13.2. The van der Waals surface area contributed by atoms with Gasteiger partial charge in [-0.05, 0) is 13.0 Å². The van der Waals surface area contributed by atoms with Gasteiger partial charge in [0, 0.05) is 32.2 Å². The van der Waals surface area contributed by atoms with Gasteiger partial charge in [-0.25, -0.2) is 23.1 Å². The van der Waals surface area contributed by atoms with Gasteiger partial charge >= 0.3 is 0 Å². The third kappa shape index (κ3) is 3.72. The zero-order valence-electron chi connectivity index (χ0n) is 11.7. The summed E-state index contributed by atoms with van der Waals surface area (Å²) < 4.78 is 28.6. The van der Waals surface area contributed by atoms with E-state index in [-0.39, 0.29) is 16.5 Å². The van der Waals surface area contributed by atoms with E-state index in [0.717, 1.165) is 0 Å². The van der Waals surface area contributed by atoms with Gasteiger partial charge in [0.25, 0.3) is 0 Å². The molecule has 0 amide bonds. The molecule has 0 unspecified atom stereocenters. The highest BCUT2D eigenvalue weighted by atomic mass is 35.5. The van der Waals surface area contributed by atoms with Crippen LogP contribution in [-0.4, -0.2) is 29.5 Å². The Kier molecular flexibility index (Phi) is 4.81. The molecule has 0 saturated heterocycles. The highest BCUT2D eigenvalue weighted by Gasteiger charge is 2.17. The number of imidazole rings is 1. The van der Waals surface area contributed by atoms with Gasteiger partial charge in [-0.3, -0.25) is 0 Å². The van der Waals surface area contributed by atoms with Crippen LogP contribution in [0.3, 0.4) is 0 Å². The minimum Gasteiger partial charge on any atom is -0.369 e. The molecule has 0 saturated carbocycles. The summed E-state index contributed by atoms with van der Waals surface area (Å²) in [6, 6.07) is 1.37. The third-order valence-corrected chi connectivity index (χ3v) is 4.47. The molecule has 7 nitrogen and oxygen atoms in total. The van der Waals surface area contributed by atoms with Gasteiger partial charge in [0.05, 0.1) is 11.6 Å². The first kappa shape index (κ1) is 15.7. The number of hydrogen-bond donors (Lipinski definition) is 2. The number of sulfonamides is 1. The maximum atomic E-state index is 12.2. The molecule has 0 aliphatic rings. The van der Waals surface area contributed by atoms with Crippen LogP contribution in [0.15, 0.2) is 29.6 Å². The van der Waals surface area contributed by atoms with Crippen LogP contribution in [0.2, 0.25) is 5.02 Å². The Balaban J connectivity index is 2.16. The first-order valence-corrected chi connectivity index (χ1v) is 8.15. The van der Waals surface area contributed by atoms with Crippen LogP contribution in [0.4, 0.5) is 5.82 Å². The molecule has 2 aromatic rings. The van der Waals surface area contributed by atoms with E-state index in [1.54, 1.807) is 24.0 Å². The summed E-state index contributed by atoms with van der Waals surface area (Å²) in [4.78, 5) is 8.08. The molecule has 9 heteroatoms. The predicted molar refractivity (Wildman–Crippen MR) is 80.6 cm³/mol. The summed E-state index contributed by atoms with van der Waals surface area (Å²) in [5.41, 5.74) is 0. The lowest BCUT2D eigenvalue weighted by Gasteiger charge is -2.09. The van der Waals surface area contributed by atoms with Crippen molar-refractivity contribution in [2.75, 3.05) is 11.9 Å². The van der Waals surface area contributed by atoms with Crippen molar-refractivity contribution < 1.29 is 8.42 Å². The van der Waals surface area contributed by atoms with Crippen molar-refractivity contribution in [1.29, 1.82) is 0 Å². The second-order valence-electron chi connectivity index (χ2n) is 4.31. The first-order valence-electron chi connectivity index (χ1n) is 6.29. The minimum atomic E-state index is -3.69. The molecule has 0 radical (unpaired) electrons. The van der Waals surface area contributed by atoms with Crippen LogP contribution < -0.4 is 10.0 Å². The SMILES string of the molecule is CCNc1ncc(S(=O)(=O)NCc2nccn2C)cc1Cl. The lowest BCUT2D eigenvalue weighted by Crippen LogP contribution is -2.25. The maximum Gasteiger partial charge on any atom is 0.242 e. The summed E-state index contributed by atoms with van der Waals surface area (Å²) >= 11 is 6.01. The topological polar surface area (TPSA) is 88.9 Å². The predicted octanol–water partition coefficient (Wildman–Crippen LogP) is 1.38. The largest absolute Gasteiger partial charge is 0.369 e.